The van der Waals surface area contributed by atoms with Crippen molar-refractivity contribution in [3.8, 4) is 23.2 Å². The molecule has 0 bridgehead atoms. The van der Waals surface area contributed by atoms with Crippen LogP contribution in [0.2, 0.25) is 0 Å². The fourth-order valence-corrected chi connectivity index (χ4v) is 4.09. The van der Waals surface area contributed by atoms with Crippen LogP contribution in [0.15, 0.2) is 57.9 Å². The summed E-state index contributed by atoms with van der Waals surface area (Å²) in [7, 11) is 0. The number of benzene rings is 1. The molecule has 4 aromatic rings. The molecule has 0 saturated carbocycles. The van der Waals surface area contributed by atoms with E-state index in [1.54, 1.807) is 48.7 Å². The molecule has 0 fully saturated rings. The first kappa shape index (κ1) is 22.6. The van der Waals surface area contributed by atoms with E-state index in [0.717, 1.165) is 55.5 Å². The lowest BCUT2D eigenvalue weighted by molar-refractivity contribution is 0.102. The van der Waals surface area contributed by atoms with Gasteiger partial charge >= 0.3 is 0 Å². The van der Waals surface area contributed by atoms with E-state index in [2.05, 4.69) is 27.3 Å². The monoisotopic (exact) mass is 473 g/mol. The molecule has 0 aliphatic heterocycles. The molecule has 3 aromatic heterocycles. The topological polar surface area (TPSA) is 115 Å². The summed E-state index contributed by atoms with van der Waals surface area (Å²) < 4.78 is 12.6. The largest absolute Gasteiger partial charge is 0.494 e. The van der Waals surface area contributed by atoms with Gasteiger partial charge in [-0.2, -0.15) is 9.78 Å². The molecule has 0 radical (unpaired) electrons. The molecule has 180 valence electrons. The Kier molecular flexibility index (Phi) is 6.47. The zero-order chi connectivity index (χ0) is 24.2. The van der Waals surface area contributed by atoms with Gasteiger partial charge in [0.25, 0.3) is 11.5 Å². The van der Waals surface area contributed by atoms with E-state index >= 15 is 0 Å². The molecule has 0 spiro atoms. The summed E-state index contributed by atoms with van der Waals surface area (Å²) in [5.74, 6) is 1.55. The van der Waals surface area contributed by atoms with Crippen LogP contribution in [0.4, 0.5) is 5.82 Å². The molecule has 0 atom stereocenters. The number of nitrogens with zero attached hydrogens (tertiary/aromatic N) is 3. The highest BCUT2D eigenvalue weighted by atomic mass is 16.5. The van der Waals surface area contributed by atoms with Gasteiger partial charge in [0.2, 0.25) is 5.95 Å². The summed E-state index contributed by atoms with van der Waals surface area (Å²) in [6.45, 7) is 2.75. The van der Waals surface area contributed by atoms with E-state index in [-0.39, 0.29) is 17.4 Å². The molecule has 1 aliphatic rings. The van der Waals surface area contributed by atoms with E-state index in [1.165, 1.54) is 4.68 Å². The van der Waals surface area contributed by atoms with Crippen molar-refractivity contribution >= 4 is 11.7 Å². The highest BCUT2D eigenvalue weighted by Crippen LogP contribution is 2.25. The third-order valence-electron chi connectivity index (χ3n) is 5.99. The summed E-state index contributed by atoms with van der Waals surface area (Å²) in [5, 5.41) is 7.47. The van der Waals surface area contributed by atoms with Crippen molar-refractivity contribution < 1.29 is 13.9 Å². The highest BCUT2D eigenvalue weighted by Gasteiger charge is 2.21. The number of H-pyrrole nitrogens is 1. The molecule has 9 nitrogen and oxygen atoms in total. The third kappa shape index (κ3) is 4.89. The molecule has 1 aliphatic carbocycles. The number of aromatic amines is 1. The van der Waals surface area contributed by atoms with E-state index in [0.29, 0.717) is 29.4 Å². The van der Waals surface area contributed by atoms with Gasteiger partial charge in [-0.05, 0) is 68.5 Å². The van der Waals surface area contributed by atoms with Gasteiger partial charge in [-0.3, -0.25) is 14.6 Å². The maximum absolute atomic E-state index is 13.1. The number of aromatic nitrogens is 4. The Balaban J connectivity index is 1.45. The van der Waals surface area contributed by atoms with Gasteiger partial charge in [-0.1, -0.05) is 13.3 Å². The summed E-state index contributed by atoms with van der Waals surface area (Å²) in [6, 6.07) is 12.2. The van der Waals surface area contributed by atoms with E-state index < -0.39 is 0 Å². The van der Waals surface area contributed by atoms with E-state index in [9.17, 15) is 9.59 Å². The average Bonchev–Trinajstić information content (AvgIpc) is 3.55. The van der Waals surface area contributed by atoms with Crippen LogP contribution in [-0.2, 0) is 12.8 Å². The molecule has 0 saturated heterocycles. The van der Waals surface area contributed by atoms with Crippen LogP contribution in [-0.4, -0.2) is 32.3 Å². The average molecular weight is 474 g/mol. The summed E-state index contributed by atoms with van der Waals surface area (Å²) in [4.78, 5) is 33.3. The number of amides is 1. The second-order valence-electron chi connectivity index (χ2n) is 8.51. The van der Waals surface area contributed by atoms with Crippen molar-refractivity contribution in [2.45, 2.75) is 45.4 Å². The standard InChI is InChI=1S/C26H27N5O4/c1-2-3-14-34-18-12-10-17(11-13-18)24(32)28-23-16-21(22-9-6-15-35-22)30-31(23)26-27-20-8-5-4-7-19(20)25(33)29-26/h6,9-13,15-16H,2-5,7-8,14H2,1H3,(H,28,32)(H,27,29,33). The lowest BCUT2D eigenvalue weighted by Crippen LogP contribution is -2.24. The number of hydrogen-bond acceptors (Lipinski definition) is 6. The second kappa shape index (κ2) is 10.0. The van der Waals surface area contributed by atoms with Crippen LogP contribution >= 0.6 is 0 Å². The zero-order valence-electron chi connectivity index (χ0n) is 19.5. The minimum absolute atomic E-state index is 0.171. The Hall–Kier alpha value is -4.14. The number of carbonyl (C=O) groups is 1. The number of fused-ring (bicyclic) bond motifs is 1. The van der Waals surface area contributed by atoms with Crippen LogP contribution in [0.1, 0.15) is 54.2 Å². The van der Waals surface area contributed by atoms with Gasteiger partial charge in [0.1, 0.15) is 17.3 Å². The number of rotatable bonds is 8. The molecule has 3 heterocycles. The normalized spacial score (nSPS) is 12.8. The summed E-state index contributed by atoms with van der Waals surface area (Å²) in [6.07, 6.45) is 7.01. The van der Waals surface area contributed by atoms with E-state index in [4.69, 9.17) is 9.15 Å². The minimum Gasteiger partial charge on any atom is -0.494 e. The molecule has 1 amide bonds. The number of hydrogen-bond donors (Lipinski definition) is 2. The van der Waals surface area contributed by atoms with Crippen LogP contribution in [0, 0.1) is 0 Å². The number of nitrogens with one attached hydrogen (secondary N) is 2. The lowest BCUT2D eigenvalue weighted by Gasteiger charge is -2.15. The molecular formula is C26H27N5O4. The van der Waals surface area contributed by atoms with Crippen molar-refractivity contribution in [3.05, 3.63) is 75.9 Å². The SMILES string of the molecule is CCCCOc1ccc(C(=O)Nc2cc(-c3ccco3)nn2-c2nc3c(c(=O)[nH]2)CCCC3)cc1. The maximum atomic E-state index is 13.1. The quantitative estimate of drug-likeness (QED) is 0.364. The van der Waals surface area contributed by atoms with Crippen molar-refractivity contribution in [1.82, 2.24) is 19.7 Å². The third-order valence-corrected chi connectivity index (χ3v) is 5.99. The molecule has 9 heteroatoms. The maximum Gasteiger partial charge on any atom is 0.256 e. The fourth-order valence-electron chi connectivity index (χ4n) is 4.09. The first-order valence-electron chi connectivity index (χ1n) is 11.9. The van der Waals surface area contributed by atoms with Gasteiger partial charge in [0, 0.05) is 17.2 Å². The summed E-state index contributed by atoms with van der Waals surface area (Å²) in [5.41, 5.74) is 2.30. The number of anilines is 1. The zero-order valence-corrected chi connectivity index (χ0v) is 19.5. The number of aryl methyl sites for hydroxylation is 1. The van der Waals surface area contributed by atoms with Gasteiger partial charge in [0.15, 0.2) is 5.76 Å². The predicted molar refractivity (Wildman–Crippen MR) is 131 cm³/mol. The molecule has 0 unspecified atom stereocenters. The first-order chi connectivity index (χ1) is 17.1. The molecule has 35 heavy (non-hydrogen) atoms. The molecule has 2 N–H and O–H groups in total. The molecule has 5 rings (SSSR count). The number of furan rings is 1. The predicted octanol–water partition coefficient (Wildman–Crippen LogP) is 4.53. The Bertz CT molecular complexity index is 1370. The van der Waals surface area contributed by atoms with Crippen LogP contribution in [0.25, 0.3) is 17.4 Å². The lowest BCUT2D eigenvalue weighted by atomic mass is 9.97. The van der Waals surface area contributed by atoms with Crippen molar-refractivity contribution in [2.24, 2.45) is 0 Å². The number of ether oxygens (including phenoxy) is 1. The van der Waals surface area contributed by atoms with E-state index in [1.807, 2.05) is 0 Å². The number of unbranched alkanes of at least 4 members (excludes halogenated alkanes) is 1. The smallest absolute Gasteiger partial charge is 0.256 e. The van der Waals surface area contributed by atoms with Crippen molar-refractivity contribution in [3.63, 3.8) is 0 Å². The Morgan fingerprint density at radius 2 is 2.03 bits per heavy atom. The first-order valence-corrected chi connectivity index (χ1v) is 11.9. The fraction of sp³-hybridized carbons (Fsp3) is 0.308. The highest BCUT2D eigenvalue weighted by molar-refractivity contribution is 6.04. The van der Waals surface area contributed by atoms with Gasteiger partial charge in [-0.25, -0.2) is 4.98 Å². The van der Waals surface area contributed by atoms with Crippen molar-refractivity contribution in [1.29, 1.82) is 0 Å². The number of carbonyl (C=O) groups excluding carboxylic acids is 1. The molecular weight excluding hydrogens is 446 g/mol. The van der Waals surface area contributed by atoms with Gasteiger partial charge in [-0.15, -0.1) is 0 Å². The minimum atomic E-state index is -0.322. The van der Waals surface area contributed by atoms with Gasteiger partial charge < -0.3 is 14.5 Å². The van der Waals surface area contributed by atoms with Crippen LogP contribution in [0.3, 0.4) is 0 Å². The van der Waals surface area contributed by atoms with Gasteiger partial charge in [0.05, 0.1) is 18.6 Å². The van der Waals surface area contributed by atoms with Crippen molar-refractivity contribution in [2.75, 3.05) is 11.9 Å². The Morgan fingerprint density at radius 1 is 1.20 bits per heavy atom. The molecule has 1 aromatic carbocycles. The second-order valence-corrected chi connectivity index (χ2v) is 8.51. The Morgan fingerprint density at radius 3 is 2.80 bits per heavy atom. The Labute approximate surface area is 202 Å². The summed E-state index contributed by atoms with van der Waals surface area (Å²) >= 11 is 0. The van der Waals surface area contributed by atoms with Crippen LogP contribution in [0.5, 0.6) is 5.75 Å². The van der Waals surface area contributed by atoms with Crippen LogP contribution < -0.4 is 15.6 Å².